The Morgan fingerprint density at radius 1 is 1.24 bits per heavy atom. The molecule has 2 rings (SSSR count). The molecule has 2 aromatic rings. The Morgan fingerprint density at radius 2 is 2.00 bits per heavy atom. The van der Waals surface area contributed by atoms with Crippen LogP contribution in [0.15, 0.2) is 28.5 Å². The van der Waals surface area contributed by atoms with Crippen LogP contribution in [0.4, 0.5) is 17.6 Å². The number of nitrogens with zero attached hydrogens (tertiary/aromatic N) is 4. The number of rotatable bonds is 8. The van der Waals surface area contributed by atoms with E-state index in [1.54, 1.807) is 0 Å². The van der Waals surface area contributed by atoms with Crippen LogP contribution in [0.3, 0.4) is 0 Å². The Balaban J connectivity index is 2.31. The third kappa shape index (κ3) is 4.84. The van der Waals surface area contributed by atoms with Crippen LogP contribution >= 0.6 is 11.8 Å². The van der Waals surface area contributed by atoms with E-state index >= 15 is 0 Å². The number of thioether (sulfide) groups is 1. The molecule has 0 saturated heterocycles. The average molecular weight is 378 g/mol. The van der Waals surface area contributed by atoms with Crippen molar-refractivity contribution in [3.05, 3.63) is 29.6 Å². The monoisotopic (exact) mass is 378 g/mol. The lowest BCUT2D eigenvalue weighted by Gasteiger charge is -2.10. The van der Waals surface area contributed by atoms with Gasteiger partial charge in [0, 0.05) is 0 Å². The Labute approximate surface area is 144 Å². The molecule has 0 aliphatic heterocycles. The highest BCUT2D eigenvalue weighted by atomic mass is 32.2. The van der Waals surface area contributed by atoms with Gasteiger partial charge in [-0.05, 0) is 29.5 Å². The van der Waals surface area contributed by atoms with Crippen molar-refractivity contribution in [3.63, 3.8) is 0 Å². The molecule has 0 amide bonds. The number of benzene rings is 1. The van der Waals surface area contributed by atoms with Crippen LogP contribution in [-0.2, 0) is 0 Å². The van der Waals surface area contributed by atoms with Crippen molar-refractivity contribution in [3.8, 4) is 11.5 Å². The van der Waals surface area contributed by atoms with E-state index in [2.05, 4.69) is 20.0 Å². The van der Waals surface area contributed by atoms with Crippen LogP contribution in [0.5, 0.6) is 11.5 Å². The molecule has 0 aliphatic carbocycles. The molecule has 0 atom stereocenters. The van der Waals surface area contributed by atoms with Gasteiger partial charge in [0.2, 0.25) is 11.0 Å². The Hall–Kier alpha value is -2.30. The standard InChI is InChI=1S/C14H14F4N4O2S/c1-3-25-14-21-20-12(11(15)16)22(14)19-7-8-4-5-9(24-13(17)18)10(6-8)23-2/h4-7,11,13H,3H2,1-2H3. The second-order valence-electron chi connectivity index (χ2n) is 4.42. The van der Waals surface area contributed by atoms with E-state index in [1.807, 2.05) is 6.92 Å². The molecule has 136 valence electrons. The quantitative estimate of drug-likeness (QED) is 0.397. The van der Waals surface area contributed by atoms with Crippen LogP contribution in [0.1, 0.15) is 24.7 Å². The molecule has 0 unspecified atom stereocenters. The fourth-order valence-corrected chi connectivity index (χ4v) is 2.44. The molecule has 0 spiro atoms. The summed E-state index contributed by atoms with van der Waals surface area (Å²) in [5.74, 6) is -0.0683. The van der Waals surface area contributed by atoms with E-state index < -0.39 is 18.9 Å². The topological polar surface area (TPSA) is 61.5 Å². The second kappa shape index (κ2) is 8.70. The van der Waals surface area contributed by atoms with Crippen molar-refractivity contribution in [1.82, 2.24) is 14.9 Å². The number of hydrogen-bond acceptors (Lipinski definition) is 6. The van der Waals surface area contributed by atoms with Gasteiger partial charge in [-0.1, -0.05) is 18.7 Å². The van der Waals surface area contributed by atoms with Crippen LogP contribution in [-0.4, -0.2) is 40.6 Å². The number of alkyl halides is 4. The Kier molecular flexibility index (Phi) is 6.62. The largest absolute Gasteiger partial charge is 0.493 e. The van der Waals surface area contributed by atoms with Gasteiger partial charge in [0.25, 0.3) is 6.43 Å². The summed E-state index contributed by atoms with van der Waals surface area (Å²) < 4.78 is 60.8. The summed E-state index contributed by atoms with van der Waals surface area (Å²) in [5, 5.41) is 11.3. The summed E-state index contributed by atoms with van der Waals surface area (Å²) in [6.45, 7) is -1.16. The first-order chi connectivity index (χ1) is 12.0. The van der Waals surface area contributed by atoms with Crippen LogP contribution in [0, 0.1) is 0 Å². The fourth-order valence-electron chi connectivity index (χ4n) is 1.82. The molecular formula is C14H14F4N4O2S. The summed E-state index contributed by atoms with van der Waals surface area (Å²) in [5.41, 5.74) is 0.430. The van der Waals surface area contributed by atoms with Crippen LogP contribution in [0.2, 0.25) is 0 Å². The molecule has 6 nitrogen and oxygen atoms in total. The third-order valence-electron chi connectivity index (χ3n) is 2.83. The highest BCUT2D eigenvalue weighted by Crippen LogP contribution is 2.29. The van der Waals surface area contributed by atoms with Crippen molar-refractivity contribution in [1.29, 1.82) is 0 Å². The predicted molar refractivity (Wildman–Crippen MR) is 84.0 cm³/mol. The molecule has 1 aromatic heterocycles. The lowest BCUT2D eigenvalue weighted by atomic mass is 10.2. The molecule has 1 heterocycles. The lowest BCUT2D eigenvalue weighted by Crippen LogP contribution is -2.04. The van der Waals surface area contributed by atoms with E-state index in [-0.39, 0.29) is 16.7 Å². The SMILES string of the molecule is CCSc1nnc(C(F)F)n1N=Cc1ccc(OC(F)F)c(OC)c1. The van der Waals surface area contributed by atoms with Gasteiger partial charge in [-0.2, -0.15) is 18.6 Å². The normalized spacial score (nSPS) is 11.7. The lowest BCUT2D eigenvalue weighted by molar-refractivity contribution is -0.0512. The zero-order chi connectivity index (χ0) is 18.4. The van der Waals surface area contributed by atoms with Gasteiger partial charge in [-0.25, -0.2) is 8.78 Å². The zero-order valence-electron chi connectivity index (χ0n) is 13.2. The second-order valence-corrected chi connectivity index (χ2v) is 5.65. The van der Waals surface area contributed by atoms with E-state index in [1.165, 1.54) is 43.3 Å². The van der Waals surface area contributed by atoms with Crippen molar-refractivity contribution in [2.45, 2.75) is 25.1 Å². The Bertz CT molecular complexity index is 740. The molecular weight excluding hydrogens is 364 g/mol. The average Bonchev–Trinajstić information content (AvgIpc) is 2.96. The molecule has 0 aliphatic rings. The third-order valence-corrected chi connectivity index (χ3v) is 3.63. The minimum Gasteiger partial charge on any atom is -0.493 e. The summed E-state index contributed by atoms with van der Waals surface area (Å²) >= 11 is 1.21. The molecule has 11 heteroatoms. The van der Waals surface area contributed by atoms with Gasteiger partial charge in [-0.3, -0.25) is 0 Å². The van der Waals surface area contributed by atoms with Gasteiger partial charge in [0.1, 0.15) is 0 Å². The van der Waals surface area contributed by atoms with Gasteiger partial charge in [0.15, 0.2) is 11.5 Å². The van der Waals surface area contributed by atoms with Crippen LogP contribution < -0.4 is 9.47 Å². The first-order valence-corrected chi connectivity index (χ1v) is 7.98. The summed E-state index contributed by atoms with van der Waals surface area (Å²) in [4.78, 5) is 0. The summed E-state index contributed by atoms with van der Waals surface area (Å²) in [7, 11) is 1.29. The maximum atomic E-state index is 13.0. The Morgan fingerprint density at radius 3 is 2.60 bits per heavy atom. The fraction of sp³-hybridized carbons (Fsp3) is 0.357. The molecule has 0 radical (unpaired) electrons. The van der Waals surface area contributed by atoms with Crippen molar-refractivity contribution < 1.29 is 27.0 Å². The van der Waals surface area contributed by atoms with E-state index in [0.717, 1.165) is 4.68 Å². The van der Waals surface area contributed by atoms with Crippen molar-refractivity contribution >= 4 is 18.0 Å². The zero-order valence-corrected chi connectivity index (χ0v) is 14.0. The predicted octanol–water partition coefficient (Wildman–Crippen LogP) is 3.82. The number of methoxy groups -OCH3 is 1. The number of ether oxygens (including phenoxy) is 2. The maximum Gasteiger partial charge on any atom is 0.387 e. The van der Waals surface area contributed by atoms with Crippen molar-refractivity contribution in [2.24, 2.45) is 5.10 Å². The van der Waals surface area contributed by atoms with Crippen molar-refractivity contribution in [2.75, 3.05) is 12.9 Å². The molecule has 0 N–H and O–H groups in total. The minimum atomic E-state index is -2.99. The van der Waals surface area contributed by atoms with E-state index in [4.69, 9.17) is 4.74 Å². The molecule has 1 aromatic carbocycles. The molecule has 25 heavy (non-hydrogen) atoms. The van der Waals surface area contributed by atoms with Gasteiger partial charge < -0.3 is 9.47 Å². The van der Waals surface area contributed by atoms with E-state index in [0.29, 0.717) is 11.3 Å². The smallest absolute Gasteiger partial charge is 0.387 e. The molecule has 0 saturated carbocycles. The van der Waals surface area contributed by atoms with Gasteiger partial charge in [0.05, 0.1) is 13.3 Å². The maximum absolute atomic E-state index is 13.0. The summed E-state index contributed by atoms with van der Waals surface area (Å²) in [6, 6.07) is 4.09. The van der Waals surface area contributed by atoms with E-state index in [9.17, 15) is 17.6 Å². The number of halogens is 4. The first kappa shape index (κ1) is 19.0. The van der Waals surface area contributed by atoms with Gasteiger partial charge >= 0.3 is 6.61 Å². The highest BCUT2D eigenvalue weighted by molar-refractivity contribution is 7.99. The highest BCUT2D eigenvalue weighted by Gasteiger charge is 2.20. The molecule has 0 bridgehead atoms. The minimum absolute atomic E-state index is 0.0604. The molecule has 0 fully saturated rings. The van der Waals surface area contributed by atoms with Crippen LogP contribution in [0.25, 0.3) is 0 Å². The summed E-state index contributed by atoms with van der Waals surface area (Å²) in [6.07, 6.45) is -1.57. The number of hydrogen-bond donors (Lipinski definition) is 0. The van der Waals surface area contributed by atoms with Gasteiger partial charge in [-0.15, -0.1) is 10.2 Å². The first-order valence-electron chi connectivity index (χ1n) is 6.99. The number of aromatic nitrogens is 3.